The maximum absolute atomic E-state index is 13.7. The summed E-state index contributed by atoms with van der Waals surface area (Å²) >= 11 is 0. The first-order chi connectivity index (χ1) is 19.6. The van der Waals surface area contributed by atoms with Gasteiger partial charge in [-0.25, -0.2) is 13.2 Å². The fourth-order valence-electron chi connectivity index (χ4n) is 5.22. The zero-order valence-corrected chi connectivity index (χ0v) is 25.1. The summed E-state index contributed by atoms with van der Waals surface area (Å²) in [5, 5.41) is 13.0. The van der Waals surface area contributed by atoms with Gasteiger partial charge in [0.1, 0.15) is 22.5 Å². The van der Waals surface area contributed by atoms with E-state index in [9.17, 15) is 18.3 Å². The second-order valence-corrected chi connectivity index (χ2v) is 12.9. The number of benzene rings is 2. The third-order valence-electron chi connectivity index (χ3n) is 7.84. The Morgan fingerprint density at radius 3 is 2.46 bits per heavy atom. The van der Waals surface area contributed by atoms with Crippen molar-refractivity contribution in [2.75, 3.05) is 33.9 Å². The number of urea groups is 1. The van der Waals surface area contributed by atoms with Gasteiger partial charge in [0.05, 0.1) is 20.3 Å². The summed E-state index contributed by atoms with van der Waals surface area (Å²) in [7, 11) is -0.639. The predicted octanol–water partition coefficient (Wildman–Crippen LogP) is 3.84. The molecule has 2 aromatic rings. The molecule has 0 saturated heterocycles. The number of carbonyl (C=O) groups excluding carboxylic acids is 1. The first kappa shape index (κ1) is 30.7. The number of likely N-dealkylation sites (N-methyl/N-ethyl adjacent to an activating group) is 1. The Balaban J connectivity index is 1.63. The van der Waals surface area contributed by atoms with E-state index in [4.69, 9.17) is 9.47 Å². The molecule has 9 nitrogen and oxygen atoms in total. The van der Waals surface area contributed by atoms with Crippen LogP contribution in [0.3, 0.4) is 0 Å². The Bertz CT molecular complexity index is 1360. The van der Waals surface area contributed by atoms with Gasteiger partial charge in [-0.15, -0.1) is 0 Å². The summed E-state index contributed by atoms with van der Waals surface area (Å²) in [5.74, 6) is 6.83. The number of carbonyl (C=O) groups is 1. The molecule has 1 aliphatic carbocycles. The van der Waals surface area contributed by atoms with Crippen molar-refractivity contribution in [3.8, 4) is 23.3 Å². The van der Waals surface area contributed by atoms with Gasteiger partial charge in [0.15, 0.2) is 0 Å². The van der Waals surface area contributed by atoms with E-state index < -0.39 is 22.2 Å². The molecule has 0 bridgehead atoms. The van der Waals surface area contributed by atoms with Crippen molar-refractivity contribution >= 4 is 16.1 Å². The van der Waals surface area contributed by atoms with E-state index in [1.807, 2.05) is 31.2 Å². The number of rotatable bonds is 6. The summed E-state index contributed by atoms with van der Waals surface area (Å²) in [5.41, 5.74) is 1.37. The van der Waals surface area contributed by atoms with Gasteiger partial charge >= 0.3 is 6.03 Å². The molecule has 2 N–H and O–H groups in total. The van der Waals surface area contributed by atoms with Crippen LogP contribution in [0.25, 0.3) is 0 Å². The maximum atomic E-state index is 13.7. The molecule has 4 rings (SSSR count). The molecule has 2 aliphatic rings. The molecule has 1 saturated carbocycles. The van der Waals surface area contributed by atoms with Crippen LogP contribution in [0.4, 0.5) is 4.79 Å². The minimum atomic E-state index is -3.97. The molecule has 1 heterocycles. The fraction of sp³-hybridized carbons (Fsp3) is 0.516. The number of nitrogens with one attached hydrogen (secondary N) is 1. The van der Waals surface area contributed by atoms with Crippen LogP contribution < -0.4 is 14.8 Å². The summed E-state index contributed by atoms with van der Waals surface area (Å²) in [6, 6.07) is 11.5. The lowest BCUT2D eigenvalue weighted by Crippen LogP contribution is -2.52. The number of nitrogens with zero attached hydrogens (tertiary/aromatic N) is 2. The molecule has 0 radical (unpaired) electrons. The minimum Gasteiger partial charge on any atom is -0.497 e. The van der Waals surface area contributed by atoms with Crippen LogP contribution in [-0.4, -0.2) is 80.8 Å². The number of fused-ring (bicyclic) bond motifs is 1. The highest BCUT2D eigenvalue weighted by atomic mass is 32.2. The summed E-state index contributed by atoms with van der Waals surface area (Å²) in [4.78, 5) is 14.6. The lowest BCUT2D eigenvalue weighted by molar-refractivity contribution is 0.0806. The number of aliphatic hydroxyl groups excluding tert-OH is 1. The highest BCUT2D eigenvalue weighted by Crippen LogP contribution is 2.34. The predicted molar refractivity (Wildman–Crippen MR) is 157 cm³/mol. The van der Waals surface area contributed by atoms with Crippen molar-refractivity contribution < 1.29 is 27.8 Å². The summed E-state index contributed by atoms with van der Waals surface area (Å²) in [6.07, 6.45) is 4.90. The van der Waals surface area contributed by atoms with E-state index in [0.29, 0.717) is 5.56 Å². The van der Waals surface area contributed by atoms with Crippen molar-refractivity contribution in [3.63, 3.8) is 0 Å². The molecule has 3 atom stereocenters. The highest BCUT2D eigenvalue weighted by molar-refractivity contribution is 7.89. The second kappa shape index (κ2) is 13.6. The smallest absolute Gasteiger partial charge is 0.317 e. The molecular weight excluding hydrogens is 542 g/mol. The normalized spacial score (nSPS) is 21.6. The van der Waals surface area contributed by atoms with Gasteiger partial charge in [0.2, 0.25) is 10.0 Å². The van der Waals surface area contributed by atoms with Gasteiger partial charge in [-0.3, -0.25) is 0 Å². The highest BCUT2D eigenvalue weighted by Gasteiger charge is 2.38. The van der Waals surface area contributed by atoms with Crippen LogP contribution in [0.2, 0.25) is 0 Å². The molecule has 2 amide bonds. The monoisotopic (exact) mass is 583 g/mol. The number of aliphatic hydroxyl groups is 1. The Kier molecular flexibility index (Phi) is 10.2. The molecule has 41 heavy (non-hydrogen) atoms. The molecule has 0 aromatic heterocycles. The maximum Gasteiger partial charge on any atom is 0.317 e. The average molecular weight is 584 g/mol. The van der Waals surface area contributed by atoms with Crippen LogP contribution in [-0.2, 0) is 10.0 Å². The van der Waals surface area contributed by atoms with Gasteiger partial charge in [0, 0.05) is 42.7 Å². The minimum absolute atomic E-state index is 0.0130. The van der Waals surface area contributed by atoms with Gasteiger partial charge < -0.3 is 24.8 Å². The van der Waals surface area contributed by atoms with E-state index in [2.05, 4.69) is 17.2 Å². The molecule has 2 aromatic carbocycles. The van der Waals surface area contributed by atoms with Gasteiger partial charge in [-0.2, -0.15) is 4.31 Å². The van der Waals surface area contributed by atoms with Crippen molar-refractivity contribution in [2.24, 2.45) is 5.92 Å². The average Bonchev–Trinajstić information content (AvgIpc) is 2.98. The number of ether oxygens (including phenoxy) is 2. The molecule has 1 aliphatic heterocycles. The molecule has 0 spiro atoms. The van der Waals surface area contributed by atoms with E-state index >= 15 is 0 Å². The van der Waals surface area contributed by atoms with Crippen LogP contribution in [0.1, 0.15) is 57.1 Å². The Hall–Kier alpha value is -3.26. The van der Waals surface area contributed by atoms with Gasteiger partial charge in [-0.1, -0.05) is 38.0 Å². The standard InChI is InChI=1S/C31H41N3O6S/c1-22-19-34(23(2)21-35)41(37,38)30-17-14-25(11-10-24-12-15-27(39-4)16-13-24)18-28(30)40-29(22)20-33(3)31(36)32-26-8-6-5-7-9-26/h12-18,22-23,26,29,35H,5-9,19-21H2,1-4H3,(H,32,36)/t22-,23-,29+/m0/s1. The Morgan fingerprint density at radius 1 is 1.15 bits per heavy atom. The fourth-order valence-corrected chi connectivity index (χ4v) is 7.05. The van der Waals surface area contributed by atoms with Gasteiger partial charge in [-0.05, 0) is 62.2 Å². The third-order valence-corrected chi connectivity index (χ3v) is 9.86. The van der Waals surface area contributed by atoms with Crippen LogP contribution in [0.5, 0.6) is 11.5 Å². The first-order valence-electron chi connectivity index (χ1n) is 14.2. The number of sulfonamides is 1. The number of amides is 2. The largest absolute Gasteiger partial charge is 0.497 e. The molecule has 0 unspecified atom stereocenters. The van der Waals surface area contributed by atoms with Crippen molar-refractivity contribution in [1.82, 2.24) is 14.5 Å². The van der Waals surface area contributed by atoms with Gasteiger partial charge in [0.25, 0.3) is 0 Å². The molecule has 1 fully saturated rings. The molecule has 222 valence electrons. The summed E-state index contributed by atoms with van der Waals surface area (Å²) in [6.45, 7) is 3.68. The van der Waals surface area contributed by atoms with Crippen LogP contribution >= 0.6 is 0 Å². The Morgan fingerprint density at radius 2 is 1.80 bits per heavy atom. The summed E-state index contributed by atoms with van der Waals surface area (Å²) < 4.78 is 40.4. The number of hydrogen-bond acceptors (Lipinski definition) is 6. The van der Waals surface area contributed by atoms with Crippen molar-refractivity contribution in [2.45, 2.75) is 69.0 Å². The Labute approximate surface area is 243 Å². The van der Waals surface area contributed by atoms with E-state index in [0.717, 1.165) is 37.0 Å². The molecule has 10 heteroatoms. The lowest BCUT2D eigenvalue weighted by atomic mass is 9.96. The van der Waals surface area contributed by atoms with E-state index in [1.54, 1.807) is 38.1 Å². The zero-order valence-electron chi connectivity index (χ0n) is 24.3. The lowest BCUT2D eigenvalue weighted by Gasteiger charge is -2.37. The van der Waals surface area contributed by atoms with Crippen LogP contribution in [0.15, 0.2) is 47.4 Å². The number of hydrogen-bond donors (Lipinski definition) is 2. The first-order valence-corrected chi connectivity index (χ1v) is 15.7. The van der Waals surface area contributed by atoms with E-state index in [1.165, 1.54) is 16.8 Å². The molecular formula is C31H41N3O6S. The second-order valence-electron chi connectivity index (χ2n) is 11.0. The zero-order chi connectivity index (χ0) is 29.6. The van der Waals surface area contributed by atoms with Crippen LogP contribution in [0, 0.1) is 17.8 Å². The van der Waals surface area contributed by atoms with Crippen molar-refractivity contribution in [3.05, 3.63) is 53.6 Å². The number of methoxy groups -OCH3 is 1. The topological polar surface area (TPSA) is 108 Å². The van der Waals surface area contributed by atoms with Crippen molar-refractivity contribution in [1.29, 1.82) is 0 Å². The third kappa shape index (κ3) is 7.53. The quantitative estimate of drug-likeness (QED) is 0.501. The SMILES string of the molecule is COc1ccc(C#Cc2ccc3c(c2)O[C@H](CN(C)C(=O)NC2CCCCC2)[C@@H](C)CN([C@@H](C)CO)S3(=O)=O)cc1. The van der Waals surface area contributed by atoms with E-state index in [-0.39, 0.29) is 48.3 Å².